The van der Waals surface area contributed by atoms with Gasteiger partial charge in [-0.05, 0) is 61.0 Å². The van der Waals surface area contributed by atoms with Crippen molar-refractivity contribution in [1.82, 2.24) is 4.98 Å². The average molecular weight is 326 g/mol. The highest BCUT2D eigenvalue weighted by Gasteiger charge is 2.16. The first-order valence-electron chi connectivity index (χ1n) is 7.50. The second-order valence-electron chi connectivity index (χ2n) is 5.72. The van der Waals surface area contributed by atoms with Gasteiger partial charge in [0, 0.05) is 5.69 Å². The van der Waals surface area contributed by atoms with E-state index in [4.69, 9.17) is 0 Å². The lowest BCUT2D eigenvalue weighted by molar-refractivity contribution is -0.683. The van der Waals surface area contributed by atoms with Crippen LogP contribution in [-0.4, -0.2) is 16.6 Å². The quantitative estimate of drug-likeness (QED) is 0.571. The zero-order valence-corrected chi connectivity index (χ0v) is 14.3. The Hall–Kier alpha value is -2.27. The zero-order valence-electron chi connectivity index (χ0n) is 13.5. The van der Waals surface area contributed by atoms with E-state index in [9.17, 15) is 4.79 Å². The Morgan fingerprint density at radius 2 is 1.87 bits per heavy atom. The third-order valence-corrected chi connectivity index (χ3v) is 4.71. The van der Waals surface area contributed by atoms with Gasteiger partial charge in [-0.3, -0.25) is 4.79 Å². The topological polar surface area (TPSA) is 48.8 Å². The number of amides is 1. The van der Waals surface area contributed by atoms with Crippen molar-refractivity contribution in [3.63, 3.8) is 0 Å². The molecule has 5 heteroatoms. The number of hydrogen-bond acceptors (Lipinski definition) is 2. The molecule has 0 aliphatic rings. The normalized spacial score (nSPS) is 10.9. The van der Waals surface area contributed by atoms with E-state index in [1.807, 2.05) is 51.2 Å². The molecule has 0 aliphatic heterocycles. The number of imidazole rings is 1. The molecule has 0 unspecified atom stereocenters. The molecule has 4 nitrogen and oxygen atoms in total. The summed E-state index contributed by atoms with van der Waals surface area (Å²) >= 11 is 1.50. The highest BCUT2D eigenvalue weighted by atomic mass is 32.2. The number of nitrogens with zero attached hydrogens (tertiary/aromatic N) is 1. The summed E-state index contributed by atoms with van der Waals surface area (Å²) in [5.74, 6) is 0.367. The van der Waals surface area contributed by atoms with Crippen LogP contribution in [-0.2, 0) is 11.8 Å². The van der Waals surface area contributed by atoms with Gasteiger partial charge in [0.15, 0.2) is 11.0 Å². The maximum Gasteiger partial charge on any atom is 0.317 e. The van der Waals surface area contributed by atoms with Gasteiger partial charge in [-0.1, -0.05) is 18.2 Å². The summed E-state index contributed by atoms with van der Waals surface area (Å²) in [5, 5.41) is 3.94. The average Bonchev–Trinajstić information content (AvgIpc) is 2.81. The molecule has 1 aromatic heterocycles. The van der Waals surface area contributed by atoms with E-state index in [1.54, 1.807) is 0 Å². The van der Waals surface area contributed by atoms with E-state index in [2.05, 4.69) is 27.0 Å². The van der Waals surface area contributed by atoms with Crippen molar-refractivity contribution in [3.8, 4) is 0 Å². The summed E-state index contributed by atoms with van der Waals surface area (Å²) in [6, 6.07) is 14.2. The molecule has 118 valence electrons. The van der Waals surface area contributed by atoms with Crippen LogP contribution in [0.4, 0.5) is 5.69 Å². The SMILES string of the molecule is Cc1cc(C)cc(NC(=O)CSc2[nH]c3ccccc3[n+]2C)c1. The molecule has 2 aromatic carbocycles. The first-order chi connectivity index (χ1) is 11.0. The number of aromatic nitrogens is 2. The lowest BCUT2D eigenvalue weighted by Gasteiger charge is -2.06. The molecule has 3 aromatic rings. The molecule has 0 aliphatic carbocycles. The smallest absolute Gasteiger partial charge is 0.317 e. The number of aryl methyl sites for hydroxylation is 3. The summed E-state index contributed by atoms with van der Waals surface area (Å²) in [6.45, 7) is 4.06. The number of aromatic amines is 1. The Kier molecular flexibility index (Phi) is 4.39. The second-order valence-corrected chi connectivity index (χ2v) is 6.68. The van der Waals surface area contributed by atoms with Crippen LogP contribution in [0.15, 0.2) is 47.6 Å². The van der Waals surface area contributed by atoms with Crippen LogP contribution >= 0.6 is 11.8 Å². The number of carbonyl (C=O) groups is 1. The minimum absolute atomic E-state index is 0.00124. The Morgan fingerprint density at radius 1 is 1.17 bits per heavy atom. The number of anilines is 1. The number of rotatable bonds is 4. The van der Waals surface area contributed by atoms with Crippen molar-refractivity contribution >= 4 is 34.4 Å². The molecule has 3 rings (SSSR count). The van der Waals surface area contributed by atoms with Crippen molar-refractivity contribution < 1.29 is 9.36 Å². The van der Waals surface area contributed by atoms with Gasteiger partial charge in [-0.25, -0.2) is 9.55 Å². The van der Waals surface area contributed by atoms with Crippen LogP contribution in [0.25, 0.3) is 11.0 Å². The number of para-hydroxylation sites is 2. The maximum absolute atomic E-state index is 12.2. The van der Waals surface area contributed by atoms with Crippen molar-refractivity contribution in [3.05, 3.63) is 53.6 Å². The van der Waals surface area contributed by atoms with Crippen LogP contribution in [0.1, 0.15) is 11.1 Å². The second kappa shape index (κ2) is 6.46. The van der Waals surface area contributed by atoms with Crippen LogP contribution in [0.2, 0.25) is 0 Å². The molecule has 2 N–H and O–H groups in total. The molecular weight excluding hydrogens is 306 g/mol. The standard InChI is InChI=1S/C18H19N3OS/c1-12-8-13(2)10-14(9-12)19-17(22)11-23-18-20-15-6-4-5-7-16(15)21(18)3/h4-10H,11H2,1-3H3,(H,19,22)/p+1. The van der Waals surface area contributed by atoms with E-state index in [-0.39, 0.29) is 5.91 Å². The maximum atomic E-state index is 12.2. The molecule has 1 amide bonds. The van der Waals surface area contributed by atoms with Gasteiger partial charge in [-0.2, -0.15) is 0 Å². The number of nitrogens with one attached hydrogen (secondary N) is 2. The van der Waals surface area contributed by atoms with Gasteiger partial charge >= 0.3 is 5.16 Å². The predicted molar refractivity (Wildman–Crippen MR) is 94.7 cm³/mol. The van der Waals surface area contributed by atoms with Gasteiger partial charge in [0.25, 0.3) is 0 Å². The molecule has 0 spiro atoms. The fourth-order valence-corrected chi connectivity index (χ4v) is 3.51. The van der Waals surface area contributed by atoms with E-state index in [0.29, 0.717) is 5.75 Å². The minimum atomic E-state index is -0.00124. The summed E-state index contributed by atoms with van der Waals surface area (Å²) in [7, 11) is 2.00. The van der Waals surface area contributed by atoms with Crippen molar-refractivity contribution in [1.29, 1.82) is 0 Å². The molecule has 23 heavy (non-hydrogen) atoms. The van der Waals surface area contributed by atoms with E-state index in [0.717, 1.165) is 33.0 Å². The predicted octanol–water partition coefficient (Wildman–Crippen LogP) is 3.34. The van der Waals surface area contributed by atoms with Gasteiger partial charge in [0.2, 0.25) is 5.91 Å². The Labute approximate surface area is 139 Å². The number of hydrogen-bond donors (Lipinski definition) is 2. The van der Waals surface area contributed by atoms with Crippen LogP contribution in [0, 0.1) is 13.8 Å². The Morgan fingerprint density at radius 3 is 2.57 bits per heavy atom. The minimum Gasteiger partial charge on any atom is -0.325 e. The van der Waals surface area contributed by atoms with Crippen LogP contribution < -0.4 is 9.88 Å². The Balaban J connectivity index is 1.67. The summed E-state index contributed by atoms with van der Waals surface area (Å²) in [5.41, 5.74) is 5.36. The first-order valence-corrected chi connectivity index (χ1v) is 8.49. The van der Waals surface area contributed by atoms with Crippen molar-refractivity contribution in [2.75, 3.05) is 11.1 Å². The van der Waals surface area contributed by atoms with E-state index < -0.39 is 0 Å². The fourth-order valence-electron chi connectivity index (χ4n) is 2.69. The Bertz CT molecular complexity index is 850. The fraction of sp³-hybridized carbons (Fsp3) is 0.222. The molecular formula is C18H20N3OS+. The molecule has 0 atom stereocenters. The third-order valence-electron chi connectivity index (χ3n) is 3.66. The van der Waals surface area contributed by atoms with Crippen molar-refractivity contribution in [2.24, 2.45) is 7.05 Å². The van der Waals surface area contributed by atoms with Crippen LogP contribution in [0.3, 0.4) is 0 Å². The van der Waals surface area contributed by atoms with Crippen LogP contribution in [0.5, 0.6) is 0 Å². The summed E-state index contributed by atoms with van der Waals surface area (Å²) in [6.07, 6.45) is 0. The molecule has 0 radical (unpaired) electrons. The van der Waals surface area contributed by atoms with Gasteiger partial charge in [0.1, 0.15) is 0 Å². The lowest BCUT2D eigenvalue weighted by atomic mass is 10.1. The number of benzene rings is 2. The number of thioether (sulfide) groups is 1. The molecule has 0 saturated carbocycles. The highest BCUT2D eigenvalue weighted by molar-refractivity contribution is 7.99. The number of carbonyl (C=O) groups excluding carboxylic acids is 1. The van der Waals surface area contributed by atoms with Gasteiger partial charge in [0.05, 0.1) is 12.8 Å². The third kappa shape index (κ3) is 3.56. The lowest BCUT2D eigenvalue weighted by Crippen LogP contribution is -2.29. The molecule has 0 fully saturated rings. The summed E-state index contributed by atoms with van der Waals surface area (Å²) < 4.78 is 2.07. The number of fused-ring (bicyclic) bond motifs is 1. The van der Waals surface area contributed by atoms with Crippen molar-refractivity contribution in [2.45, 2.75) is 19.0 Å². The zero-order chi connectivity index (χ0) is 16.4. The van der Waals surface area contributed by atoms with Gasteiger partial charge < -0.3 is 5.32 Å². The van der Waals surface area contributed by atoms with E-state index in [1.165, 1.54) is 11.8 Å². The summed E-state index contributed by atoms with van der Waals surface area (Å²) in [4.78, 5) is 15.5. The molecule has 0 saturated heterocycles. The number of H-pyrrole nitrogens is 1. The molecule has 1 heterocycles. The van der Waals surface area contributed by atoms with Gasteiger partial charge in [-0.15, -0.1) is 0 Å². The first kappa shape index (κ1) is 15.6. The monoisotopic (exact) mass is 326 g/mol. The largest absolute Gasteiger partial charge is 0.325 e. The van der Waals surface area contributed by atoms with E-state index >= 15 is 0 Å². The highest BCUT2D eigenvalue weighted by Crippen LogP contribution is 2.18. The molecule has 0 bridgehead atoms.